The average molecular weight is 262 g/mol. The fraction of sp³-hybridized carbons (Fsp3) is 0.385. The number of guanidine groups is 1. The van der Waals surface area contributed by atoms with Crippen LogP contribution in [-0.2, 0) is 16.0 Å². The molecule has 102 valence electrons. The zero-order valence-corrected chi connectivity index (χ0v) is 10.7. The van der Waals surface area contributed by atoms with E-state index in [1.54, 1.807) is 0 Å². The molecule has 1 saturated heterocycles. The van der Waals surface area contributed by atoms with Crippen LogP contribution in [0, 0.1) is 0 Å². The quantitative estimate of drug-likeness (QED) is 0.592. The molecule has 0 bridgehead atoms. The molecule has 0 unspecified atom stereocenters. The summed E-state index contributed by atoms with van der Waals surface area (Å²) >= 11 is 0. The highest BCUT2D eigenvalue weighted by atomic mass is 16.5. The Labute approximate surface area is 112 Å². The Hall–Kier alpha value is -2.08. The van der Waals surface area contributed by atoms with Crippen LogP contribution in [0.3, 0.4) is 0 Å². The van der Waals surface area contributed by atoms with Gasteiger partial charge in [-0.2, -0.15) is 0 Å². The Morgan fingerprint density at radius 1 is 1.21 bits per heavy atom. The molecule has 6 heteroatoms. The topological polar surface area (TPSA) is 93.9 Å². The summed E-state index contributed by atoms with van der Waals surface area (Å²) in [6, 6.07) is 7.31. The lowest BCUT2D eigenvalue weighted by molar-refractivity contribution is -0.117. The van der Waals surface area contributed by atoms with Crippen LogP contribution in [0.2, 0.25) is 0 Å². The first kappa shape index (κ1) is 13.4. The molecule has 0 aliphatic carbocycles. The van der Waals surface area contributed by atoms with Gasteiger partial charge in [-0.25, -0.2) is 4.99 Å². The SMILES string of the molecule is NC(=O)Cc1ccc(N=C(N)N2CCOCC2)cc1. The highest BCUT2D eigenvalue weighted by Crippen LogP contribution is 2.14. The molecule has 4 N–H and O–H groups in total. The first-order chi connectivity index (χ1) is 9.15. The Morgan fingerprint density at radius 2 is 1.84 bits per heavy atom. The van der Waals surface area contributed by atoms with Crippen molar-refractivity contribution in [2.75, 3.05) is 26.3 Å². The second-order valence-corrected chi connectivity index (χ2v) is 4.38. The fourth-order valence-electron chi connectivity index (χ4n) is 1.88. The Morgan fingerprint density at radius 3 is 2.42 bits per heavy atom. The van der Waals surface area contributed by atoms with E-state index in [0.29, 0.717) is 19.2 Å². The van der Waals surface area contributed by atoms with Gasteiger partial charge in [0, 0.05) is 13.1 Å². The van der Waals surface area contributed by atoms with Crippen LogP contribution in [0.1, 0.15) is 5.56 Å². The third kappa shape index (κ3) is 3.96. The minimum Gasteiger partial charge on any atom is -0.378 e. The van der Waals surface area contributed by atoms with Gasteiger partial charge in [-0.05, 0) is 17.7 Å². The molecule has 0 atom stereocenters. The van der Waals surface area contributed by atoms with Gasteiger partial charge in [0.1, 0.15) is 0 Å². The molecule has 1 heterocycles. The van der Waals surface area contributed by atoms with Crippen LogP contribution in [0.5, 0.6) is 0 Å². The molecule has 1 aromatic rings. The van der Waals surface area contributed by atoms with E-state index in [2.05, 4.69) is 4.99 Å². The lowest BCUT2D eigenvalue weighted by atomic mass is 10.1. The molecular weight excluding hydrogens is 244 g/mol. The van der Waals surface area contributed by atoms with Crippen LogP contribution < -0.4 is 11.5 Å². The smallest absolute Gasteiger partial charge is 0.221 e. The second-order valence-electron chi connectivity index (χ2n) is 4.38. The number of aliphatic imine (C=N–C) groups is 1. The van der Waals surface area contributed by atoms with E-state index in [0.717, 1.165) is 24.3 Å². The molecule has 1 aromatic carbocycles. The van der Waals surface area contributed by atoms with Gasteiger partial charge in [0.05, 0.1) is 25.3 Å². The van der Waals surface area contributed by atoms with Gasteiger partial charge in [-0.3, -0.25) is 4.79 Å². The summed E-state index contributed by atoms with van der Waals surface area (Å²) in [4.78, 5) is 17.1. The van der Waals surface area contributed by atoms with E-state index in [-0.39, 0.29) is 12.3 Å². The van der Waals surface area contributed by atoms with E-state index in [1.807, 2.05) is 29.2 Å². The standard InChI is InChI=1S/C13H18N4O2/c14-12(18)9-10-1-3-11(4-2-10)16-13(15)17-5-7-19-8-6-17/h1-4H,5-9H2,(H2,14,18)(H2,15,16). The highest BCUT2D eigenvalue weighted by molar-refractivity contribution is 5.81. The molecular formula is C13H18N4O2. The van der Waals surface area contributed by atoms with E-state index in [4.69, 9.17) is 16.2 Å². The van der Waals surface area contributed by atoms with Crippen LogP contribution >= 0.6 is 0 Å². The molecule has 0 saturated carbocycles. The number of morpholine rings is 1. The molecule has 1 amide bonds. The number of primary amides is 1. The molecule has 2 rings (SSSR count). The van der Waals surface area contributed by atoms with Crippen LogP contribution in [0.25, 0.3) is 0 Å². The van der Waals surface area contributed by atoms with E-state index >= 15 is 0 Å². The van der Waals surface area contributed by atoms with Gasteiger partial charge in [-0.1, -0.05) is 12.1 Å². The zero-order valence-electron chi connectivity index (χ0n) is 10.7. The van der Waals surface area contributed by atoms with Crippen molar-refractivity contribution in [3.63, 3.8) is 0 Å². The summed E-state index contributed by atoms with van der Waals surface area (Å²) in [6.07, 6.45) is 0.239. The van der Waals surface area contributed by atoms with Gasteiger partial charge < -0.3 is 21.1 Å². The van der Waals surface area contributed by atoms with Gasteiger partial charge in [0.25, 0.3) is 0 Å². The van der Waals surface area contributed by atoms with Crippen molar-refractivity contribution in [2.45, 2.75) is 6.42 Å². The van der Waals surface area contributed by atoms with Crippen molar-refractivity contribution in [3.05, 3.63) is 29.8 Å². The Bertz CT molecular complexity index is 464. The first-order valence-electron chi connectivity index (χ1n) is 6.19. The van der Waals surface area contributed by atoms with Gasteiger partial charge in [-0.15, -0.1) is 0 Å². The number of rotatable bonds is 3. The number of nitrogens with two attached hydrogens (primary N) is 2. The lowest BCUT2D eigenvalue weighted by Gasteiger charge is -2.27. The van der Waals surface area contributed by atoms with Crippen molar-refractivity contribution in [3.8, 4) is 0 Å². The summed E-state index contributed by atoms with van der Waals surface area (Å²) in [5.74, 6) is 0.148. The number of ether oxygens (including phenoxy) is 1. The largest absolute Gasteiger partial charge is 0.378 e. The fourth-order valence-corrected chi connectivity index (χ4v) is 1.88. The predicted octanol–water partition coefficient (Wildman–Crippen LogP) is -0.00720. The Kier molecular flexibility index (Phi) is 4.35. The summed E-state index contributed by atoms with van der Waals surface area (Å²) in [6.45, 7) is 2.87. The predicted molar refractivity (Wildman–Crippen MR) is 73.0 cm³/mol. The molecule has 0 spiro atoms. The average Bonchev–Trinajstić information content (AvgIpc) is 2.41. The third-order valence-electron chi connectivity index (χ3n) is 2.89. The summed E-state index contributed by atoms with van der Waals surface area (Å²) < 4.78 is 5.26. The molecule has 0 radical (unpaired) electrons. The minimum atomic E-state index is -0.343. The van der Waals surface area contributed by atoms with Gasteiger partial charge in [0.15, 0.2) is 5.96 Å². The zero-order chi connectivity index (χ0) is 13.7. The van der Waals surface area contributed by atoms with E-state index < -0.39 is 0 Å². The van der Waals surface area contributed by atoms with Crippen molar-refractivity contribution < 1.29 is 9.53 Å². The number of amides is 1. The van der Waals surface area contributed by atoms with Crippen LogP contribution in [0.15, 0.2) is 29.3 Å². The molecule has 1 aliphatic rings. The highest BCUT2D eigenvalue weighted by Gasteiger charge is 2.12. The number of carbonyl (C=O) groups excluding carboxylic acids is 1. The maximum absolute atomic E-state index is 10.8. The summed E-state index contributed by atoms with van der Waals surface area (Å²) in [7, 11) is 0. The molecule has 1 fully saturated rings. The number of hydrogen-bond acceptors (Lipinski definition) is 3. The molecule has 19 heavy (non-hydrogen) atoms. The van der Waals surface area contributed by atoms with Crippen LogP contribution in [0.4, 0.5) is 5.69 Å². The van der Waals surface area contributed by atoms with Gasteiger partial charge >= 0.3 is 0 Å². The summed E-state index contributed by atoms with van der Waals surface area (Å²) in [5.41, 5.74) is 12.7. The second kappa shape index (κ2) is 6.19. The van der Waals surface area contributed by atoms with E-state index in [1.165, 1.54) is 0 Å². The number of carbonyl (C=O) groups is 1. The third-order valence-corrected chi connectivity index (χ3v) is 2.89. The maximum atomic E-state index is 10.8. The lowest BCUT2D eigenvalue weighted by Crippen LogP contribution is -2.44. The van der Waals surface area contributed by atoms with Crippen molar-refractivity contribution in [1.82, 2.24) is 4.90 Å². The normalized spacial score (nSPS) is 16.4. The maximum Gasteiger partial charge on any atom is 0.221 e. The van der Waals surface area contributed by atoms with E-state index in [9.17, 15) is 4.79 Å². The van der Waals surface area contributed by atoms with Crippen molar-refractivity contribution >= 4 is 17.6 Å². The van der Waals surface area contributed by atoms with Crippen molar-refractivity contribution in [2.24, 2.45) is 16.5 Å². The number of hydrogen-bond donors (Lipinski definition) is 2. The molecule has 1 aliphatic heterocycles. The monoisotopic (exact) mass is 262 g/mol. The van der Waals surface area contributed by atoms with Gasteiger partial charge in [0.2, 0.25) is 5.91 Å². The van der Waals surface area contributed by atoms with Crippen LogP contribution in [-0.4, -0.2) is 43.1 Å². The number of nitrogens with zero attached hydrogens (tertiary/aromatic N) is 2. The summed E-state index contributed by atoms with van der Waals surface area (Å²) in [5, 5.41) is 0. The molecule has 6 nitrogen and oxygen atoms in total. The minimum absolute atomic E-state index is 0.239. The first-order valence-corrected chi connectivity index (χ1v) is 6.19. The van der Waals surface area contributed by atoms with Crippen molar-refractivity contribution in [1.29, 1.82) is 0 Å². The molecule has 0 aromatic heterocycles. The number of benzene rings is 1. The Balaban J connectivity index is 2.02.